The molecule has 4 heterocycles. The summed E-state index contributed by atoms with van der Waals surface area (Å²) in [6.07, 6.45) is -9.50. The van der Waals surface area contributed by atoms with Crippen LogP contribution >= 0.6 is 0 Å². The molecule has 13 rings (SSSR count). The lowest BCUT2D eigenvalue weighted by atomic mass is 9.95. The Labute approximate surface area is 805 Å². The Morgan fingerprint density at radius 3 is 0.941 bits per heavy atom. The molecule has 0 aliphatic carbocycles. The number of unbranched alkanes of at least 4 members (excludes halogenated alkanes) is 10. The summed E-state index contributed by atoms with van der Waals surface area (Å²) in [6.45, 7) is 12.3. The zero-order chi connectivity index (χ0) is 94.5. The molecule has 22 heteroatoms. The highest BCUT2D eigenvalue weighted by atomic mass is 16.8. The van der Waals surface area contributed by atoms with Crippen LogP contribution < -0.4 is 0 Å². The van der Waals surface area contributed by atoms with Crippen molar-refractivity contribution in [2.45, 2.75) is 352 Å². The molecule has 0 N–H and O–H groups in total. The molecular formula is C114H144O22. The van der Waals surface area contributed by atoms with Crippen molar-refractivity contribution in [3.63, 3.8) is 0 Å². The molecule has 9 aromatic rings. The molecule has 0 amide bonds. The van der Waals surface area contributed by atoms with E-state index >= 15 is 9.59 Å². The Morgan fingerprint density at radius 1 is 0.265 bits per heavy atom. The Bertz CT molecular complexity index is 4730. The topological polar surface area (TPSA) is 227 Å². The average molecular weight is 1870 g/mol. The summed E-state index contributed by atoms with van der Waals surface area (Å²) in [5.74, 6) is -1.08. The lowest BCUT2D eigenvalue weighted by molar-refractivity contribution is -0.404. The standard InChI is InChI=1S/C114H144O22/c1-7-10-11-12-13-16-46-69-94(70-47-17-14-15-27-50-82(4)115)130-113-109(105(124-77-91-63-40-24-41-64-91)101(121-74-88-57-34-21-35-58-88)95(131-113)80-118-71-85-51-28-18-29-52-85)135-114-110(136-112-108(126-79-93-67-44-26-45-68-93)104(123-76-90-61-38-23-39-62-90)100(84(6)129-112)120-73-87-55-32-20-33-56-87)106(134-98(117)49-9-3)102(133-97(116)48-8-2)96(132-114)81-127-111-107(125-78-92-65-42-25-43-66-92)103(122-75-89-59-36-22-37-60-89)99(83(5)128-111)119-72-86-53-30-19-31-54-86/h18-26,28-45,51-68,83-84,94-96,99-114H,7-17,27,46-50,69-81H2,1-6H3/t83-,84+,94-,95-,96-,99+,100+,101-,102-,103+,104-,105+,106+,107+,108+,109-,110-,111-,112+,113-,114+/m1/s1. The zero-order valence-corrected chi connectivity index (χ0v) is 80.3. The number of hydrogen-bond acceptors (Lipinski definition) is 22. The van der Waals surface area contributed by atoms with Crippen molar-refractivity contribution in [3.8, 4) is 0 Å². The summed E-state index contributed by atoms with van der Waals surface area (Å²) < 4.78 is 141. The third-order valence-electron chi connectivity index (χ3n) is 25.3. The minimum absolute atomic E-state index is 0.0151. The van der Waals surface area contributed by atoms with Crippen molar-refractivity contribution < 1.29 is 104 Å². The highest BCUT2D eigenvalue weighted by molar-refractivity contribution is 5.75. The van der Waals surface area contributed by atoms with E-state index in [0.29, 0.717) is 32.1 Å². The van der Waals surface area contributed by atoms with Crippen LogP contribution in [0, 0.1) is 0 Å². The van der Waals surface area contributed by atoms with Gasteiger partial charge in [0.05, 0.1) is 91.0 Å². The smallest absolute Gasteiger partial charge is 0.306 e. The molecule has 4 aliphatic rings. The quantitative estimate of drug-likeness (QED) is 0.0255. The first-order chi connectivity index (χ1) is 66.8. The second kappa shape index (κ2) is 58.1. The van der Waals surface area contributed by atoms with E-state index < -0.39 is 147 Å². The fraction of sp³-hybridized carbons (Fsp3) is 0.500. The molecule has 4 saturated heterocycles. The number of rotatable bonds is 59. The van der Waals surface area contributed by atoms with Gasteiger partial charge in [-0.2, -0.15) is 0 Å². The molecular weight excluding hydrogens is 1720 g/mol. The summed E-state index contributed by atoms with van der Waals surface area (Å²) >= 11 is 0. The number of benzene rings is 9. The van der Waals surface area contributed by atoms with Crippen molar-refractivity contribution in [1.29, 1.82) is 0 Å². The second-order valence-corrected chi connectivity index (χ2v) is 36.2. The predicted octanol–water partition coefficient (Wildman–Crippen LogP) is 21.9. The van der Waals surface area contributed by atoms with Gasteiger partial charge in [0.25, 0.3) is 0 Å². The average Bonchev–Trinajstić information content (AvgIpc) is 0.751. The minimum Gasteiger partial charge on any atom is -0.455 e. The van der Waals surface area contributed by atoms with Crippen LogP contribution in [0.3, 0.4) is 0 Å². The number of carbonyl (C=O) groups excluding carboxylic acids is 3. The van der Waals surface area contributed by atoms with Crippen LogP contribution in [0.2, 0.25) is 0 Å². The van der Waals surface area contributed by atoms with Gasteiger partial charge in [0.1, 0.15) is 72.9 Å². The maximum Gasteiger partial charge on any atom is 0.306 e. The first-order valence-corrected chi connectivity index (χ1v) is 49.8. The van der Waals surface area contributed by atoms with Gasteiger partial charge in [-0.1, -0.05) is 364 Å². The van der Waals surface area contributed by atoms with Gasteiger partial charge in [0.2, 0.25) is 0 Å². The molecule has 22 nitrogen and oxygen atoms in total. The van der Waals surface area contributed by atoms with E-state index in [0.717, 1.165) is 121 Å². The number of ketones is 1. The lowest BCUT2D eigenvalue weighted by Crippen LogP contribution is -2.68. The van der Waals surface area contributed by atoms with Crippen LogP contribution in [0.5, 0.6) is 0 Å². The van der Waals surface area contributed by atoms with Gasteiger partial charge >= 0.3 is 11.9 Å². The van der Waals surface area contributed by atoms with E-state index in [1.807, 2.05) is 301 Å². The van der Waals surface area contributed by atoms with Crippen LogP contribution in [0.15, 0.2) is 273 Å². The molecule has 4 aliphatic heterocycles. The SMILES string of the molecule is CCCCCCCCC[C@H](CCCCCCCC(C)=O)O[C@@H]1O[C@H](COCc2ccccc2)[C@@H](OCc2ccccc2)[C@H](OCc2ccccc2)[C@H]1O[C@@H]1O[C@H](CO[C@@H]2O[C@H](C)[C@H](OCc3ccccc3)[C@H](OCc3ccccc3)[C@@H]2OCc2ccccc2)[C@@H](OC(=O)CCC)[C@H](OC(=O)CCC)[C@H]1O[C@@H]1O[C@@H](C)[C@H](OCc2ccccc2)[C@@H](OCc2ccccc2)[C@@H]1OCc1ccccc1. The van der Waals surface area contributed by atoms with Crippen LogP contribution in [-0.4, -0.2) is 160 Å². The molecule has 0 unspecified atom stereocenters. The Morgan fingerprint density at radius 2 is 0.559 bits per heavy atom. The van der Waals surface area contributed by atoms with Gasteiger partial charge in [-0.25, -0.2) is 0 Å². The van der Waals surface area contributed by atoms with Gasteiger partial charge in [-0.05, 0) is 103 Å². The van der Waals surface area contributed by atoms with E-state index in [9.17, 15) is 4.79 Å². The van der Waals surface area contributed by atoms with Gasteiger partial charge in [0.15, 0.2) is 43.5 Å². The van der Waals surface area contributed by atoms with Crippen LogP contribution in [0.1, 0.15) is 214 Å². The molecule has 0 aromatic heterocycles. The second-order valence-electron chi connectivity index (χ2n) is 36.2. The van der Waals surface area contributed by atoms with Crippen molar-refractivity contribution in [2.24, 2.45) is 0 Å². The molecule has 136 heavy (non-hydrogen) atoms. The highest BCUT2D eigenvalue weighted by Crippen LogP contribution is 2.42. The third-order valence-corrected chi connectivity index (χ3v) is 25.3. The van der Waals surface area contributed by atoms with Gasteiger partial charge in [0, 0.05) is 19.3 Å². The largest absolute Gasteiger partial charge is 0.455 e. The number of ether oxygens (including phenoxy) is 19. The summed E-state index contributed by atoms with van der Waals surface area (Å²) in [5, 5.41) is 0. The molecule has 21 atom stereocenters. The lowest BCUT2D eigenvalue weighted by Gasteiger charge is -2.52. The molecule has 4 fully saturated rings. The first kappa shape index (κ1) is 104. The van der Waals surface area contributed by atoms with Crippen molar-refractivity contribution in [1.82, 2.24) is 0 Å². The fourth-order valence-corrected chi connectivity index (χ4v) is 18.0. The zero-order valence-electron chi connectivity index (χ0n) is 80.3. The summed E-state index contributed by atoms with van der Waals surface area (Å²) in [7, 11) is 0. The van der Waals surface area contributed by atoms with E-state index in [4.69, 9.17) is 90.0 Å². The molecule has 9 aromatic carbocycles. The summed E-state index contributed by atoms with van der Waals surface area (Å²) in [4.78, 5) is 42.9. The minimum atomic E-state index is -1.74. The van der Waals surface area contributed by atoms with Crippen LogP contribution in [-0.2, 0) is 164 Å². The molecule has 0 radical (unpaired) electrons. The van der Waals surface area contributed by atoms with E-state index in [1.165, 1.54) is 6.42 Å². The van der Waals surface area contributed by atoms with Gasteiger partial charge in [-0.15, -0.1) is 0 Å². The summed E-state index contributed by atoms with van der Waals surface area (Å²) in [5.41, 5.74) is 8.06. The maximum absolute atomic E-state index is 15.5. The Balaban J connectivity index is 0.984. The van der Waals surface area contributed by atoms with Crippen molar-refractivity contribution in [3.05, 3.63) is 323 Å². The number of esters is 2. The third kappa shape index (κ3) is 33.6. The van der Waals surface area contributed by atoms with Crippen LogP contribution in [0.4, 0.5) is 0 Å². The molecule has 0 bridgehead atoms. The predicted molar refractivity (Wildman–Crippen MR) is 518 cm³/mol. The van der Waals surface area contributed by atoms with E-state index in [1.54, 1.807) is 6.92 Å². The summed E-state index contributed by atoms with van der Waals surface area (Å²) in [6, 6.07) is 89.2. The van der Waals surface area contributed by atoms with Crippen molar-refractivity contribution >= 4 is 17.7 Å². The fourth-order valence-electron chi connectivity index (χ4n) is 18.0. The molecule has 732 valence electrons. The number of Topliss-reactive ketones (excluding diaryl/α,β-unsaturated/α-hetero) is 1. The maximum atomic E-state index is 15.5. The molecule has 0 saturated carbocycles. The van der Waals surface area contributed by atoms with E-state index in [2.05, 4.69) is 6.92 Å². The first-order valence-electron chi connectivity index (χ1n) is 49.8. The number of carbonyl (C=O) groups is 3. The van der Waals surface area contributed by atoms with Gasteiger partial charge in [-0.3, -0.25) is 9.59 Å². The monoisotopic (exact) mass is 1870 g/mol. The van der Waals surface area contributed by atoms with Gasteiger partial charge < -0.3 is 94.8 Å². The Hall–Kier alpha value is -9.09. The van der Waals surface area contributed by atoms with E-state index in [-0.39, 0.29) is 84.7 Å². The molecule has 0 spiro atoms. The Kier molecular flexibility index (Phi) is 44.5. The highest BCUT2D eigenvalue weighted by Gasteiger charge is 2.60. The normalized spacial score (nSPS) is 25.3. The van der Waals surface area contributed by atoms with Crippen LogP contribution in [0.25, 0.3) is 0 Å². The number of hydrogen-bond donors (Lipinski definition) is 0. The van der Waals surface area contributed by atoms with Crippen molar-refractivity contribution in [2.75, 3.05) is 13.2 Å².